The second-order valence-electron chi connectivity index (χ2n) is 6.85. The third-order valence-corrected chi connectivity index (χ3v) is 6.72. The highest BCUT2D eigenvalue weighted by Gasteiger charge is 2.35. The van der Waals surface area contributed by atoms with Gasteiger partial charge in [0, 0.05) is 35.2 Å². The molecular formula is C22H20FN3O2S2. The van der Waals surface area contributed by atoms with Crippen LogP contribution in [0.25, 0.3) is 10.6 Å². The lowest BCUT2D eigenvalue weighted by atomic mass is 10.1. The summed E-state index contributed by atoms with van der Waals surface area (Å²) in [4.78, 5) is 31.5. The van der Waals surface area contributed by atoms with Gasteiger partial charge in [-0.25, -0.2) is 9.37 Å². The summed E-state index contributed by atoms with van der Waals surface area (Å²) in [5, 5.41) is 5.87. The van der Waals surface area contributed by atoms with Gasteiger partial charge in [-0.1, -0.05) is 36.4 Å². The molecule has 2 amide bonds. The van der Waals surface area contributed by atoms with E-state index in [0.717, 1.165) is 16.3 Å². The first-order valence-corrected chi connectivity index (χ1v) is 11.6. The average Bonchev–Trinajstić information content (AvgIpc) is 3.44. The van der Waals surface area contributed by atoms with E-state index in [2.05, 4.69) is 10.3 Å². The molecule has 8 heteroatoms. The first-order valence-electron chi connectivity index (χ1n) is 9.53. The Morgan fingerprint density at radius 2 is 2.00 bits per heavy atom. The summed E-state index contributed by atoms with van der Waals surface area (Å²) in [6.07, 6.45) is 0.618. The highest BCUT2D eigenvalue weighted by molar-refractivity contribution is 7.99. The van der Waals surface area contributed by atoms with Crippen LogP contribution in [0.3, 0.4) is 0 Å². The maximum Gasteiger partial charge on any atom is 0.255 e. The van der Waals surface area contributed by atoms with Crippen molar-refractivity contribution in [2.45, 2.75) is 12.5 Å². The predicted octanol–water partition coefficient (Wildman–Crippen LogP) is 3.82. The summed E-state index contributed by atoms with van der Waals surface area (Å²) in [7, 11) is 0. The molecule has 5 nitrogen and oxygen atoms in total. The van der Waals surface area contributed by atoms with E-state index in [1.165, 1.54) is 34.9 Å². The summed E-state index contributed by atoms with van der Waals surface area (Å²) in [5.41, 5.74) is 2.26. The van der Waals surface area contributed by atoms with Gasteiger partial charge in [-0.05, 0) is 18.2 Å². The number of hydrogen-bond donors (Lipinski definition) is 1. The van der Waals surface area contributed by atoms with Crippen molar-refractivity contribution in [2.75, 3.05) is 18.2 Å². The number of nitrogens with zero attached hydrogens (tertiary/aromatic N) is 2. The van der Waals surface area contributed by atoms with Crippen molar-refractivity contribution >= 4 is 34.9 Å². The fourth-order valence-corrected chi connectivity index (χ4v) is 5.23. The number of nitrogens with one attached hydrogen (secondary N) is 1. The molecule has 2 aromatic carbocycles. The molecule has 0 radical (unpaired) electrons. The maximum atomic E-state index is 13.4. The molecule has 1 fully saturated rings. The van der Waals surface area contributed by atoms with E-state index in [0.29, 0.717) is 24.6 Å². The Bertz CT molecular complexity index is 1040. The van der Waals surface area contributed by atoms with E-state index < -0.39 is 11.9 Å². The van der Waals surface area contributed by atoms with E-state index >= 15 is 0 Å². The largest absolute Gasteiger partial charge is 0.354 e. The molecule has 1 aliphatic rings. The van der Waals surface area contributed by atoms with E-state index in [9.17, 15) is 14.0 Å². The van der Waals surface area contributed by atoms with Crippen LogP contribution in [0.15, 0.2) is 60.0 Å². The van der Waals surface area contributed by atoms with E-state index in [-0.39, 0.29) is 17.4 Å². The fraction of sp³-hybridized carbons (Fsp3) is 0.227. The number of carbonyl (C=O) groups excluding carboxylic acids is 2. The number of aromatic nitrogens is 1. The Morgan fingerprint density at radius 1 is 1.17 bits per heavy atom. The van der Waals surface area contributed by atoms with Gasteiger partial charge in [0.1, 0.15) is 16.9 Å². The van der Waals surface area contributed by atoms with Gasteiger partial charge in [-0.2, -0.15) is 0 Å². The molecule has 1 atom stereocenters. The van der Waals surface area contributed by atoms with Gasteiger partial charge in [0.25, 0.3) is 5.91 Å². The number of hydrogen-bond acceptors (Lipinski definition) is 5. The molecule has 3 aromatic rings. The number of rotatable bonds is 6. The van der Waals surface area contributed by atoms with Crippen molar-refractivity contribution in [3.8, 4) is 10.6 Å². The van der Waals surface area contributed by atoms with Crippen LogP contribution in [-0.4, -0.2) is 45.9 Å². The molecular weight excluding hydrogens is 421 g/mol. The minimum absolute atomic E-state index is 0.191. The Kier molecular flexibility index (Phi) is 6.44. The van der Waals surface area contributed by atoms with Crippen LogP contribution < -0.4 is 5.32 Å². The molecule has 0 saturated carbocycles. The Balaban J connectivity index is 1.32. The molecule has 0 unspecified atom stereocenters. The monoisotopic (exact) mass is 441 g/mol. The minimum atomic E-state index is -0.555. The molecule has 1 N–H and O–H groups in total. The van der Waals surface area contributed by atoms with Crippen LogP contribution in [0.2, 0.25) is 0 Å². The number of thiazole rings is 1. The number of halogens is 1. The normalized spacial score (nSPS) is 15.9. The summed E-state index contributed by atoms with van der Waals surface area (Å²) in [5.74, 6) is -0.0384. The third kappa shape index (κ3) is 4.71. The van der Waals surface area contributed by atoms with Gasteiger partial charge in [-0.3, -0.25) is 9.59 Å². The van der Waals surface area contributed by atoms with Crippen LogP contribution in [0.5, 0.6) is 0 Å². The first kappa shape index (κ1) is 20.6. The lowest BCUT2D eigenvalue weighted by molar-refractivity contribution is -0.124. The fourth-order valence-electron chi connectivity index (χ4n) is 3.21. The first-order chi connectivity index (χ1) is 14.6. The van der Waals surface area contributed by atoms with Crippen molar-refractivity contribution in [3.05, 3.63) is 77.1 Å². The SMILES string of the molecule is O=C(NCCc1csc(-c2ccccc2)n1)[C@H]1CSCN1C(=O)c1cccc(F)c1. The number of thioether (sulfide) groups is 1. The summed E-state index contributed by atoms with van der Waals surface area (Å²) >= 11 is 3.10. The molecule has 0 aliphatic carbocycles. The zero-order valence-electron chi connectivity index (χ0n) is 16.1. The van der Waals surface area contributed by atoms with Gasteiger partial charge in [0.2, 0.25) is 5.91 Å². The number of amides is 2. The molecule has 0 spiro atoms. The van der Waals surface area contributed by atoms with Gasteiger partial charge >= 0.3 is 0 Å². The molecule has 1 aliphatic heterocycles. The summed E-state index contributed by atoms with van der Waals surface area (Å²) in [6, 6.07) is 15.0. The Morgan fingerprint density at radius 3 is 2.80 bits per heavy atom. The van der Waals surface area contributed by atoms with E-state index in [1.54, 1.807) is 17.4 Å². The standard InChI is InChI=1S/C22H20FN3O2S2/c23-17-8-4-7-16(11-17)22(28)26-14-29-13-19(26)20(27)24-10-9-18-12-30-21(25-18)15-5-2-1-3-6-15/h1-8,11-12,19H,9-10,13-14H2,(H,24,27)/t19-/m1/s1. The van der Waals surface area contributed by atoms with Crippen molar-refractivity contribution in [2.24, 2.45) is 0 Å². The van der Waals surface area contributed by atoms with E-state index in [1.807, 2.05) is 35.7 Å². The van der Waals surface area contributed by atoms with Gasteiger partial charge in [-0.15, -0.1) is 23.1 Å². The van der Waals surface area contributed by atoms with Gasteiger partial charge in [0.15, 0.2) is 0 Å². The average molecular weight is 442 g/mol. The third-order valence-electron chi connectivity index (χ3n) is 4.77. The van der Waals surface area contributed by atoms with Crippen molar-refractivity contribution in [3.63, 3.8) is 0 Å². The lowest BCUT2D eigenvalue weighted by Crippen LogP contribution is -2.47. The van der Waals surface area contributed by atoms with Crippen molar-refractivity contribution in [1.29, 1.82) is 0 Å². The zero-order valence-corrected chi connectivity index (χ0v) is 17.7. The highest BCUT2D eigenvalue weighted by atomic mass is 32.2. The smallest absolute Gasteiger partial charge is 0.255 e. The van der Waals surface area contributed by atoms with Crippen LogP contribution in [0, 0.1) is 5.82 Å². The molecule has 0 bridgehead atoms. The van der Waals surface area contributed by atoms with Crippen LogP contribution >= 0.6 is 23.1 Å². The van der Waals surface area contributed by atoms with Crippen molar-refractivity contribution in [1.82, 2.24) is 15.2 Å². The zero-order chi connectivity index (χ0) is 20.9. The predicted molar refractivity (Wildman–Crippen MR) is 118 cm³/mol. The molecule has 1 aromatic heterocycles. The molecule has 154 valence electrons. The van der Waals surface area contributed by atoms with Crippen LogP contribution in [0.1, 0.15) is 16.1 Å². The van der Waals surface area contributed by atoms with Crippen molar-refractivity contribution < 1.29 is 14.0 Å². The Hall–Kier alpha value is -2.71. The minimum Gasteiger partial charge on any atom is -0.354 e. The maximum absolute atomic E-state index is 13.4. The summed E-state index contributed by atoms with van der Waals surface area (Å²) < 4.78 is 13.4. The topological polar surface area (TPSA) is 62.3 Å². The Labute approximate surface area is 182 Å². The molecule has 1 saturated heterocycles. The van der Waals surface area contributed by atoms with Gasteiger partial charge < -0.3 is 10.2 Å². The molecule has 2 heterocycles. The number of benzene rings is 2. The van der Waals surface area contributed by atoms with Crippen LogP contribution in [0.4, 0.5) is 4.39 Å². The highest BCUT2D eigenvalue weighted by Crippen LogP contribution is 2.25. The number of carbonyl (C=O) groups is 2. The van der Waals surface area contributed by atoms with Crippen LogP contribution in [-0.2, 0) is 11.2 Å². The lowest BCUT2D eigenvalue weighted by Gasteiger charge is -2.23. The molecule has 4 rings (SSSR count). The second kappa shape index (κ2) is 9.40. The van der Waals surface area contributed by atoms with Gasteiger partial charge in [0.05, 0.1) is 11.6 Å². The molecule has 30 heavy (non-hydrogen) atoms. The summed E-state index contributed by atoms with van der Waals surface area (Å²) in [6.45, 7) is 0.444. The second-order valence-corrected chi connectivity index (χ2v) is 8.71. The van der Waals surface area contributed by atoms with E-state index in [4.69, 9.17) is 0 Å². The quantitative estimate of drug-likeness (QED) is 0.632.